The van der Waals surface area contributed by atoms with Gasteiger partial charge >= 0.3 is 5.97 Å². The molecule has 0 aliphatic heterocycles. The number of aryl methyl sites for hydroxylation is 1. The van der Waals surface area contributed by atoms with Gasteiger partial charge in [-0.1, -0.05) is 25.5 Å². The monoisotopic (exact) mass is 351 g/mol. The second-order valence-corrected chi connectivity index (χ2v) is 7.36. The van der Waals surface area contributed by atoms with Crippen LogP contribution in [0.4, 0.5) is 5.69 Å². The quantitative estimate of drug-likeness (QED) is 0.479. The molecule has 24 heavy (non-hydrogen) atoms. The molecule has 0 spiro atoms. The van der Waals surface area contributed by atoms with Gasteiger partial charge in [0.25, 0.3) is 0 Å². The molecule has 1 aromatic rings. The number of benzene rings is 1. The van der Waals surface area contributed by atoms with Crippen molar-refractivity contribution >= 4 is 21.7 Å². The number of ether oxygens (including phenoxy) is 1. The highest BCUT2D eigenvalue weighted by Crippen LogP contribution is 2.24. The normalized spacial score (nSPS) is 10.9. The van der Waals surface area contributed by atoms with Crippen molar-refractivity contribution in [1.29, 1.82) is 0 Å². The minimum atomic E-state index is -3.54. The molecule has 1 rings (SSSR count). The molecule has 0 aromatic heterocycles. The number of hydrogen-bond acceptors (Lipinski definition) is 4. The maximum absolute atomic E-state index is 12.6. The second kappa shape index (κ2) is 9.27. The van der Waals surface area contributed by atoms with E-state index in [-0.39, 0.29) is 12.3 Å². The lowest BCUT2D eigenvalue weighted by atomic mass is 10.1. The minimum absolute atomic E-state index is 0.0457. The molecule has 0 radical (unpaired) electrons. The first-order valence-corrected chi connectivity index (χ1v) is 9.45. The molecule has 5 nitrogen and oxygen atoms in total. The molecule has 0 heterocycles. The van der Waals surface area contributed by atoms with E-state index in [2.05, 4.69) is 13.2 Å². The van der Waals surface area contributed by atoms with Crippen LogP contribution in [0.2, 0.25) is 0 Å². The van der Waals surface area contributed by atoms with Crippen LogP contribution < -0.4 is 4.31 Å². The van der Waals surface area contributed by atoms with Crippen molar-refractivity contribution in [2.75, 3.05) is 23.7 Å². The van der Waals surface area contributed by atoms with Crippen LogP contribution in [-0.4, -0.2) is 33.8 Å². The highest BCUT2D eigenvalue weighted by atomic mass is 32.2. The van der Waals surface area contributed by atoms with Gasteiger partial charge in [-0.3, -0.25) is 4.31 Å². The molecule has 0 unspecified atom stereocenters. The van der Waals surface area contributed by atoms with Gasteiger partial charge in [0.1, 0.15) is 0 Å². The number of anilines is 1. The molecule has 132 valence electrons. The largest absolute Gasteiger partial charge is 0.465 e. The maximum atomic E-state index is 12.6. The van der Waals surface area contributed by atoms with Crippen LogP contribution in [0.15, 0.2) is 43.5 Å². The number of esters is 1. The second-order valence-electron chi connectivity index (χ2n) is 5.34. The summed E-state index contributed by atoms with van der Waals surface area (Å²) in [6.07, 6.45) is 5.07. The molecule has 6 heteroatoms. The predicted molar refractivity (Wildman–Crippen MR) is 97.9 cm³/mol. The molecular formula is C18H25NO4S. The molecule has 0 atom stereocenters. The Balaban J connectivity index is 3.40. The number of sulfonamides is 1. The lowest BCUT2D eigenvalue weighted by Gasteiger charge is -2.24. The molecule has 0 amide bonds. The van der Waals surface area contributed by atoms with E-state index < -0.39 is 16.0 Å². The van der Waals surface area contributed by atoms with Crippen molar-refractivity contribution in [3.05, 3.63) is 54.6 Å². The van der Waals surface area contributed by atoms with Gasteiger partial charge < -0.3 is 4.74 Å². The smallest absolute Gasteiger partial charge is 0.337 e. The van der Waals surface area contributed by atoms with E-state index in [1.165, 1.54) is 17.5 Å². The van der Waals surface area contributed by atoms with Crippen LogP contribution in [0, 0.1) is 0 Å². The number of carbonyl (C=O) groups excluding carboxylic acids is 1. The standard InChI is InChI=1S/C18H25NO4S/c1-5-8-11-24(21,22)19(10-7-3)17-13-15(9-6-2)12-16(14-17)18(20)23-4/h5,7,12-14H,1,3,6,8-11H2,2,4H3. The summed E-state index contributed by atoms with van der Waals surface area (Å²) in [4.78, 5) is 11.9. The van der Waals surface area contributed by atoms with E-state index in [4.69, 9.17) is 4.74 Å². The van der Waals surface area contributed by atoms with Crippen LogP contribution in [0.25, 0.3) is 0 Å². The van der Waals surface area contributed by atoms with Crippen LogP contribution in [-0.2, 0) is 21.2 Å². The predicted octanol–water partition coefficient (Wildman–Crippen LogP) is 3.32. The van der Waals surface area contributed by atoms with Crippen LogP contribution >= 0.6 is 0 Å². The first-order valence-electron chi connectivity index (χ1n) is 7.84. The fourth-order valence-electron chi connectivity index (χ4n) is 2.33. The zero-order chi connectivity index (χ0) is 18.2. The molecule has 0 saturated heterocycles. The third-order valence-electron chi connectivity index (χ3n) is 3.44. The Morgan fingerprint density at radius 3 is 2.50 bits per heavy atom. The van der Waals surface area contributed by atoms with E-state index in [0.29, 0.717) is 17.7 Å². The van der Waals surface area contributed by atoms with Gasteiger partial charge in [0, 0.05) is 0 Å². The molecule has 0 fully saturated rings. The van der Waals surface area contributed by atoms with Crippen molar-refractivity contribution in [2.45, 2.75) is 26.2 Å². The van der Waals surface area contributed by atoms with Gasteiger partial charge in [-0.25, -0.2) is 13.2 Å². The average molecular weight is 351 g/mol. The third-order valence-corrected chi connectivity index (χ3v) is 5.22. The lowest BCUT2D eigenvalue weighted by molar-refractivity contribution is 0.0600. The molecule has 0 aliphatic carbocycles. The molecule has 0 bridgehead atoms. The Morgan fingerprint density at radius 1 is 1.25 bits per heavy atom. The number of rotatable bonds is 10. The Morgan fingerprint density at radius 2 is 1.96 bits per heavy atom. The van der Waals surface area contributed by atoms with E-state index in [1.54, 1.807) is 24.3 Å². The molecular weight excluding hydrogens is 326 g/mol. The summed E-state index contributed by atoms with van der Waals surface area (Å²) in [5, 5.41) is 0. The summed E-state index contributed by atoms with van der Waals surface area (Å²) >= 11 is 0. The van der Waals surface area contributed by atoms with E-state index in [0.717, 1.165) is 18.4 Å². The first kappa shape index (κ1) is 20.0. The van der Waals surface area contributed by atoms with Crippen LogP contribution in [0.5, 0.6) is 0 Å². The van der Waals surface area contributed by atoms with Crippen molar-refractivity contribution < 1.29 is 17.9 Å². The lowest BCUT2D eigenvalue weighted by Crippen LogP contribution is -2.33. The van der Waals surface area contributed by atoms with Crippen LogP contribution in [0.1, 0.15) is 35.7 Å². The number of methoxy groups -OCH3 is 1. The number of allylic oxidation sites excluding steroid dienone is 1. The molecule has 0 aliphatic rings. The summed E-state index contributed by atoms with van der Waals surface area (Å²) < 4.78 is 31.3. The van der Waals surface area contributed by atoms with E-state index in [9.17, 15) is 13.2 Å². The van der Waals surface area contributed by atoms with E-state index >= 15 is 0 Å². The van der Waals surface area contributed by atoms with E-state index in [1.807, 2.05) is 6.92 Å². The summed E-state index contributed by atoms with van der Waals surface area (Å²) in [5.74, 6) is -0.535. The fourth-order valence-corrected chi connectivity index (χ4v) is 3.77. The van der Waals surface area contributed by atoms with Crippen molar-refractivity contribution in [3.63, 3.8) is 0 Å². The minimum Gasteiger partial charge on any atom is -0.465 e. The zero-order valence-electron chi connectivity index (χ0n) is 14.3. The Labute approximate surface area is 144 Å². The third kappa shape index (κ3) is 5.23. The van der Waals surface area contributed by atoms with Gasteiger partial charge in [-0.2, -0.15) is 0 Å². The fraction of sp³-hybridized carbons (Fsp3) is 0.389. The summed E-state index contributed by atoms with van der Waals surface area (Å²) in [7, 11) is -2.24. The molecule has 1 aromatic carbocycles. The highest BCUT2D eigenvalue weighted by molar-refractivity contribution is 7.92. The molecule has 0 saturated carbocycles. The Bertz CT molecular complexity index is 695. The summed E-state index contributed by atoms with van der Waals surface area (Å²) in [5.41, 5.74) is 1.68. The van der Waals surface area contributed by atoms with Gasteiger partial charge in [0.2, 0.25) is 10.0 Å². The Kier molecular flexibility index (Phi) is 7.71. The number of carbonyl (C=O) groups is 1. The zero-order valence-corrected chi connectivity index (χ0v) is 15.1. The Hall–Kier alpha value is -2.08. The topological polar surface area (TPSA) is 63.7 Å². The molecule has 0 N–H and O–H groups in total. The van der Waals surface area contributed by atoms with Crippen LogP contribution in [0.3, 0.4) is 0 Å². The first-order chi connectivity index (χ1) is 11.4. The van der Waals surface area contributed by atoms with Gasteiger partial charge in [-0.05, 0) is 36.6 Å². The summed E-state index contributed by atoms with van der Waals surface area (Å²) in [6.45, 7) is 9.35. The number of nitrogens with zero attached hydrogens (tertiary/aromatic N) is 1. The average Bonchev–Trinajstić information content (AvgIpc) is 2.57. The van der Waals surface area contributed by atoms with Gasteiger partial charge in [0.05, 0.1) is 30.7 Å². The van der Waals surface area contributed by atoms with Crippen molar-refractivity contribution in [1.82, 2.24) is 0 Å². The van der Waals surface area contributed by atoms with Crippen molar-refractivity contribution in [2.24, 2.45) is 0 Å². The summed E-state index contributed by atoms with van der Waals surface area (Å²) in [6, 6.07) is 5.08. The maximum Gasteiger partial charge on any atom is 0.337 e. The SMILES string of the molecule is C=CCCS(=O)(=O)N(CC=C)c1cc(CCC)cc(C(=O)OC)c1. The van der Waals surface area contributed by atoms with Crippen molar-refractivity contribution in [3.8, 4) is 0 Å². The van der Waals surface area contributed by atoms with Gasteiger partial charge in [-0.15, -0.1) is 13.2 Å². The highest BCUT2D eigenvalue weighted by Gasteiger charge is 2.22. The van der Waals surface area contributed by atoms with Gasteiger partial charge in [0.15, 0.2) is 0 Å². The number of hydrogen-bond donors (Lipinski definition) is 0.